The number of carbonyl (C=O) groups is 1. The van der Waals surface area contributed by atoms with Gasteiger partial charge in [-0.15, -0.1) is 0 Å². The number of anilines is 1. The molecule has 1 N–H and O–H groups in total. The van der Waals surface area contributed by atoms with E-state index in [1.54, 1.807) is 0 Å². The number of thiazole rings is 1. The van der Waals surface area contributed by atoms with Gasteiger partial charge >= 0.3 is 5.97 Å². The first kappa shape index (κ1) is 13.4. The molecule has 1 unspecified atom stereocenters. The van der Waals surface area contributed by atoms with Crippen LogP contribution in [0.3, 0.4) is 0 Å². The zero-order valence-electron chi connectivity index (χ0n) is 8.43. The maximum absolute atomic E-state index is 11.6. The van der Waals surface area contributed by atoms with E-state index in [-0.39, 0.29) is 5.13 Å². The van der Waals surface area contributed by atoms with Crippen molar-refractivity contribution in [2.24, 2.45) is 0 Å². The van der Waals surface area contributed by atoms with Crippen LogP contribution < -0.4 is 4.72 Å². The summed E-state index contributed by atoms with van der Waals surface area (Å²) in [5.74, 6) is -0.817. The number of methoxy groups -OCH3 is 1. The van der Waals surface area contributed by atoms with Crippen LogP contribution >= 0.6 is 27.3 Å². The van der Waals surface area contributed by atoms with Crippen molar-refractivity contribution in [3.05, 3.63) is 9.98 Å². The summed E-state index contributed by atoms with van der Waals surface area (Å²) in [5.41, 5.74) is 0. The molecular formula is C7H9BrN2O4S2. The Balaban J connectivity index is 2.83. The molecule has 6 nitrogen and oxygen atoms in total. The van der Waals surface area contributed by atoms with Gasteiger partial charge < -0.3 is 4.74 Å². The number of esters is 1. The summed E-state index contributed by atoms with van der Waals surface area (Å²) in [6.45, 7) is 1.25. The van der Waals surface area contributed by atoms with Gasteiger partial charge in [-0.3, -0.25) is 9.52 Å². The van der Waals surface area contributed by atoms with Crippen LogP contribution in [0.15, 0.2) is 9.98 Å². The van der Waals surface area contributed by atoms with Gasteiger partial charge in [0.05, 0.1) is 17.1 Å². The molecule has 1 rings (SSSR count). The Morgan fingerprint density at radius 1 is 1.69 bits per heavy atom. The van der Waals surface area contributed by atoms with Gasteiger partial charge in [-0.2, -0.15) is 0 Å². The van der Waals surface area contributed by atoms with Gasteiger partial charge in [-0.1, -0.05) is 11.3 Å². The van der Waals surface area contributed by atoms with Crippen LogP contribution in [0.2, 0.25) is 0 Å². The monoisotopic (exact) mass is 328 g/mol. The molecule has 16 heavy (non-hydrogen) atoms. The summed E-state index contributed by atoms with van der Waals surface area (Å²) < 4.78 is 30.5. The standard InChI is InChI=1S/C7H9BrN2O4S2/c1-4(6(11)14-2)16(12,13)10-7-9-3-5(8)15-7/h3-4H,1-2H3,(H,9,10). The molecule has 90 valence electrons. The van der Waals surface area contributed by atoms with Crippen molar-refractivity contribution in [1.29, 1.82) is 0 Å². The summed E-state index contributed by atoms with van der Waals surface area (Å²) in [7, 11) is -2.68. The van der Waals surface area contributed by atoms with E-state index < -0.39 is 21.2 Å². The topological polar surface area (TPSA) is 85.4 Å². The van der Waals surface area contributed by atoms with E-state index in [4.69, 9.17) is 0 Å². The average molecular weight is 329 g/mol. The minimum Gasteiger partial charge on any atom is -0.468 e. The zero-order valence-corrected chi connectivity index (χ0v) is 11.6. The Kier molecular flexibility index (Phi) is 4.28. The molecule has 0 fully saturated rings. The minimum absolute atomic E-state index is 0.197. The number of nitrogens with zero attached hydrogens (tertiary/aromatic N) is 1. The fraction of sp³-hybridized carbons (Fsp3) is 0.429. The largest absolute Gasteiger partial charge is 0.468 e. The second kappa shape index (κ2) is 5.11. The Morgan fingerprint density at radius 3 is 2.75 bits per heavy atom. The van der Waals surface area contributed by atoms with E-state index in [9.17, 15) is 13.2 Å². The predicted octanol–water partition coefficient (Wildman–Crippen LogP) is 1.21. The molecule has 0 bridgehead atoms. The third-order valence-corrected chi connectivity index (χ3v) is 4.83. The molecule has 0 aliphatic heterocycles. The lowest BCUT2D eigenvalue weighted by Crippen LogP contribution is -2.33. The van der Waals surface area contributed by atoms with Crippen molar-refractivity contribution in [3.63, 3.8) is 0 Å². The lowest BCUT2D eigenvalue weighted by molar-refractivity contribution is -0.139. The quantitative estimate of drug-likeness (QED) is 0.839. The van der Waals surface area contributed by atoms with E-state index >= 15 is 0 Å². The first-order valence-electron chi connectivity index (χ1n) is 4.07. The SMILES string of the molecule is COC(=O)C(C)S(=O)(=O)Nc1ncc(Br)s1. The summed E-state index contributed by atoms with van der Waals surface area (Å²) in [4.78, 5) is 14.9. The second-order valence-electron chi connectivity index (χ2n) is 2.78. The third-order valence-electron chi connectivity index (χ3n) is 1.71. The molecule has 0 spiro atoms. The van der Waals surface area contributed by atoms with Gasteiger partial charge in [0.1, 0.15) is 0 Å². The summed E-state index contributed by atoms with van der Waals surface area (Å²) in [5, 5.41) is -1.08. The van der Waals surface area contributed by atoms with Crippen LogP contribution in [0.5, 0.6) is 0 Å². The Hall–Kier alpha value is -0.670. The smallest absolute Gasteiger partial charge is 0.325 e. The first-order valence-corrected chi connectivity index (χ1v) is 7.23. The number of aromatic nitrogens is 1. The van der Waals surface area contributed by atoms with Gasteiger partial charge in [0, 0.05) is 0 Å². The van der Waals surface area contributed by atoms with Crippen LogP contribution in [-0.2, 0) is 19.6 Å². The summed E-state index contributed by atoms with van der Waals surface area (Å²) in [6, 6.07) is 0. The van der Waals surface area contributed by atoms with E-state index in [2.05, 4.69) is 30.4 Å². The molecule has 0 saturated carbocycles. The predicted molar refractivity (Wildman–Crippen MR) is 63.8 cm³/mol. The number of sulfonamides is 1. The van der Waals surface area contributed by atoms with Crippen LogP contribution in [-0.4, -0.2) is 31.7 Å². The number of hydrogen-bond acceptors (Lipinski definition) is 6. The van der Waals surface area contributed by atoms with Gasteiger partial charge in [-0.05, 0) is 22.9 Å². The van der Waals surface area contributed by atoms with E-state index in [1.807, 2.05) is 0 Å². The Labute approximate surface area is 105 Å². The maximum Gasteiger partial charge on any atom is 0.325 e. The van der Waals surface area contributed by atoms with Crippen molar-refractivity contribution in [1.82, 2.24) is 4.98 Å². The molecule has 1 aromatic rings. The number of ether oxygens (including phenoxy) is 1. The van der Waals surface area contributed by atoms with Gasteiger partial charge in [0.2, 0.25) is 10.0 Å². The number of halogens is 1. The second-order valence-corrected chi connectivity index (χ2v) is 7.19. The fourth-order valence-corrected chi connectivity index (χ4v) is 3.10. The Morgan fingerprint density at radius 2 is 2.31 bits per heavy atom. The lowest BCUT2D eigenvalue weighted by atomic mass is 10.5. The van der Waals surface area contributed by atoms with Gasteiger partial charge in [0.25, 0.3) is 0 Å². The number of carbonyl (C=O) groups excluding carboxylic acids is 1. The highest BCUT2D eigenvalue weighted by Gasteiger charge is 2.29. The van der Waals surface area contributed by atoms with E-state index in [0.717, 1.165) is 18.4 Å². The van der Waals surface area contributed by atoms with Crippen molar-refractivity contribution in [2.75, 3.05) is 11.8 Å². The number of rotatable bonds is 4. The van der Waals surface area contributed by atoms with Crippen LogP contribution in [0.1, 0.15) is 6.92 Å². The molecule has 0 radical (unpaired) electrons. The fourth-order valence-electron chi connectivity index (χ4n) is 0.804. The number of nitrogens with one attached hydrogen (secondary N) is 1. The van der Waals surface area contributed by atoms with E-state index in [0.29, 0.717) is 3.79 Å². The molecule has 9 heteroatoms. The molecule has 1 aromatic heterocycles. The molecule has 1 atom stereocenters. The highest BCUT2D eigenvalue weighted by Crippen LogP contribution is 2.24. The number of hydrogen-bond donors (Lipinski definition) is 1. The van der Waals surface area contributed by atoms with Crippen molar-refractivity contribution >= 4 is 48.4 Å². The molecule has 0 aliphatic carbocycles. The first-order chi connectivity index (χ1) is 7.36. The zero-order chi connectivity index (χ0) is 12.3. The molecule has 0 aromatic carbocycles. The molecule has 0 aliphatic rings. The highest BCUT2D eigenvalue weighted by molar-refractivity contribution is 9.11. The van der Waals surface area contributed by atoms with E-state index in [1.165, 1.54) is 13.1 Å². The van der Waals surface area contributed by atoms with Crippen molar-refractivity contribution in [3.8, 4) is 0 Å². The molecular weight excluding hydrogens is 320 g/mol. The summed E-state index contributed by atoms with van der Waals surface area (Å²) >= 11 is 4.26. The Bertz CT molecular complexity index is 484. The van der Waals surface area contributed by atoms with Gasteiger partial charge in [-0.25, -0.2) is 13.4 Å². The van der Waals surface area contributed by atoms with Crippen LogP contribution in [0.25, 0.3) is 0 Å². The van der Waals surface area contributed by atoms with Crippen molar-refractivity contribution < 1.29 is 17.9 Å². The average Bonchev–Trinajstić information content (AvgIpc) is 2.60. The third kappa shape index (κ3) is 3.16. The summed E-state index contributed by atoms with van der Waals surface area (Å²) in [6.07, 6.45) is 1.46. The van der Waals surface area contributed by atoms with Crippen LogP contribution in [0, 0.1) is 0 Å². The normalized spacial score (nSPS) is 13.2. The van der Waals surface area contributed by atoms with Crippen LogP contribution in [0.4, 0.5) is 5.13 Å². The molecule has 0 amide bonds. The minimum atomic E-state index is -3.81. The van der Waals surface area contributed by atoms with Crippen molar-refractivity contribution in [2.45, 2.75) is 12.2 Å². The van der Waals surface area contributed by atoms with Gasteiger partial charge in [0.15, 0.2) is 10.4 Å². The maximum atomic E-state index is 11.6. The lowest BCUT2D eigenvalue weighted by Gasteiger charge is -2.10. The molecule has 1 heterocycles. The highest BCUT2D eigenvalue weighted by atomic mass is 79.9. The molecule has 0 saturated heterocycles.